The van der Waals surface area contributed by atoms with Gasteiger partial charge >= 0.3 is 6.18 Å². The molecule has 2 aromatic heterocycles. The minimum atomic E-state index is -4.46. The van der Waals surface area contributed by atoms with E-state index in [2.05, 4.69) is 17.0 Å². The third-order valence-corrected chi connectivity index (χ3v) is 5.68. The summed E-state index contributed by atoms with van der Waals surface area (Å²) < 4.78 is 42.0. The maximum absolute atomic E-state index is 13.4. The molecule has 1 aromatic carbocycles. The van der Waals surface area contributed by atoms with Crippen molar-refractivity contribution in [2.75, 3.05) is 13.1 Å². The van der Waals surface area contributed by atoms with Crippen LogP contribution in [0.3, 0.4) is 0 Å². The highest BCUT2D eigenvalue weighted by atomic mass is 19.4. The number of likely N-dealkylation sites (tertiary alicyclic amines) is 1. The summed E-state index contributed by atoms with van der Waals surface area (Å²) in [4.78, 5) is 18.6. The molecule has 1 aliphatic rings. The molecule has 5 nitrogen and oxygen atoms in total. The second kappa shape index (κ2) is 8.08. The highest BCUT2D eigenvalue weighted by molar-refractivity contribution is 5.86. The summed E-state index contributed by atoms with van der Waals surface area (Å²) in [7, 11) is 0. The predicted octanol–water partition coefficient (Wildman–Crippen LogP) is 4.49. The van der Waals surface area contributed by atoms with Gasteiger partial charge in [0.1, 0.15) is 0 Å². The number of piperidine rings is 1. The van der Waals surface area contributed by atoms with Gasteiger partial charge in [-0.3, -0.25) is 14.5 Å². The number of rotatable bonds is 4. The van der Waals surface area contributed by atoms with Crippen molar-refractivity contribution in [2.45, 2.75) is 38.4 Å². The van der Waals surface area contributed by atoms with E-state index in [9.17, 15) is 18.0 Å². The Morgan fingerprint density at radius 2 is 2.00 bits per heavy atom. The molecule has 1 aliphatic heterocycles. The second-order valence-corrected chi connectivity index (χ2v) is 7.96. The molecule has 0 bridgehead atoms. The van der Waals surface area contributed by atoms with Gasteiger partial charge in [-0.25, -0.2) is 0 Å². The van der Waals surface area contributed by atoms with Crippen LogP contribution in [0.15, 0.2) is 48.9 Å². The van der Waals surface area contributed by atoms with Crippen LogP contribution in [0, 0.1) is 5.92 Å². The van der Waals surface area contributed by atoms with Crippen LogP contribution in [0.5, 0.6) is 0 Å². The molecule has 8 heteroatoms. The van der Waals surface area contributed by atoms with E-state index in [1.165, 1.54) is 6.20 Å². The molecule has 0 aliphatic carbocycles. The molecule has 4 rings (SSSR count). The number of nitrogens with zero attached hydrogens (tertiary/aromatic N) is 4. The average Bonchev–Trinajstić information content (AvgIpc) is 3.23. The van der Waals surface area contributed by atoms with Gasteiger partial charge in [-0.05, 0) is 36.1 Å². The summed E-state index contributed by atoms with van der Waals surface area (Å²) in [5.41, 5.74) is 0.0673. The molecule has 0 spiro atoms. The van der Waals surface area contributed by atoms with Gasteiger partial charge in [0.2, 0.25) is 5.91 Å². The number of pyridine rings is 1. The minimum Gasteiger partial charge on any atom is -0.342 e. The van der Waals surface area contributed by atoms with Crippen molar-refractivity contribution >= 4 is 16.8 Å². The Hall–Kier alpha value is -2.90. The lowest BCUT2D eigenvalue weighted by Crippen LogP contribution is -2.42. The third kappa shape index (κ3) is 4.17. The number of benzene rings is 1. The zero-order valence-electron chi connectivity index (χ0n) is 16.6. The molecular weight excluding hydrogens is 393 g/mol. The standard InChI is InChI=1S/C22H23F3N4O/c1-15-12-16(14-28(13-15)20(30)7-11-29-10-3-9-27-29)17-5-6-19(22(23,24)25)21-18(17)4-2-8-26-21/h2-6,8-10,15-16H,7,11-14H2,1H3. The number of carbonyl (C=O) groups excluding carboxylic acids is 1. The minimum absolute atomic E-state index is 0.0303. The first kappa shape index (κ1) is 20.4. The Morgan fingerprint density at radius 3 is 2.73 bits per heavy atom. The summed E-state index contributed by atoms with van der Waals surface area (Å²) in [6.07, 6.45) is 1.58. The molecule has 0 N–H and O–H groups in total. The van der Waals surface area contributed by atoms with Crippen LogP contribution >= 0.6 is 0 Å². The van der Waals surface area contributed by atoms with Crippen molar-refractivity contribution in [3.05, 3.63) is 60.0 Å². The fourth-order valence-electron chi connectivity index (χ4n) is 4.36. The van der Waals surface area contributed by atoms with Crippen molar-refractivity contribution in [3.63, 3.8) is 0 Å². The molecule has 30 heavy (non-hydrogen) atoms. The molecule has 3 aromatic rings. The van der Waals surface area contributed by atoms with E-state index in [0.717, 1.165) is 18.1 Å². The number of hydrogen-bond acceptors (Lipinski definition) is 3. The summed E-state index contributed by atoms with van der Waals surface area (Å²) in [6, 6.07) is 7.84. The van der Waals surface area contributed by atoms with Crippen LogP contribution in [0.2, 0.25) is 0 Å². The molecule has 1 amide bonds. The van der Waals surface area contributed by atoms with E-state index in [1.54, 1.807) is 29.1 Å². The highest BCUT2D eigenvalue weighted by Crippen LogP contribution is 2.39. The first-order valence-electron chi connectivity index (χ1n) is 10.0. The van der Waals surface area contributed by atoms with Gasteiger partial charge in [0.15, 0.2) is 0 Å². The summed E-state index contributed by atoms with van der Waals surface area (Å²) in [6.45, 7) is 3.74. The maximum Gasteiger partial charge on any atom is 0.418 e. The van der Waals surface area contributed by atoms with Gasteiger partial charge in [0, 0.05) is 55.9 Å². The molecule has 2 atom stereocenters. The molecule has 2 unspecified atom stereocenters. The number of halogens is 3. The summed E-state index contributed by atoms with van der Waals surface area (Å²) in [5.74, 6) is 0.263. The van der Waals surface area contributed by atoms with Crippen molar-refractivity contribution in [3.8, 4) is 0 Å². The van der Waals surface area contributed by atoms with Gasteiger partial charge in [-0.1, -0.05) is 19.1 Å². The first-order valence-corrected chi connectivity index (χ1v) is 10.0. The van der Waals surface area contributed by atoms with Crippen LogP contribution < -0.4 is 0 Å². The largest absolute Gasteiger partial charge is 0.418 e. The number of amides is 1. The van der Waals surface area contributed by atoms with E-state index in [1.807, 2.05) is 17.2 Å². The summed E-state index contributed by atoms with van der Waals surface area (Å²) >= 11 is 0. The monoisotopic (exact) mass is 416 g/mol. The SMILES string of the molecule is CC1CC(c2ccc(C(F)(F)F)c3ncccc23)CN(C(=O)CCn2cccn2)C1. The normalized spacial score (nSPS) is 19.9. The summed E-state index contributed by atoms with van der Waals surface area (Å²) in [5, 5.41) is 4.63. The van der Waals surface area contributed by atoms with Gasteiger partial charge in [0.05, 0.1) is 11.1 Å². The number of hydrogen-bond donors (Lipinski definition) is 0. The Morgan fingerprint density at radius 1 is 1.17 bits per heavy atom. The van der Waals surface area contributed by atoms with Crippen molar-refractivity contribution in [2.24, 2.45) is 5.92 Å². The Kier molecular flexibility index (Phi) is 5.49. The second-order valence-electron chi connectivity index (χ2n) is 7.96. The lowest BCUT2D eigenvalue weighted by molar-refractivity contribution is -0.136. The Balaban J connectivity index is 1.59. The van der Waals surface area contributed by atoms with Crippen molar-refractivity contribution in [1.82, 2.24) is 19.7 Å². The van der Waals surface area contributed by atoms with E-state index in [-0.39, 0.29) is 23.3 Å². The topological polar surface area (TPSA) is 51.0 Å². The van der Waals surface area contributed by atoms with Crippen LogP contribution in [-0.4, -0.2) is 38.7 Å². The zero-order chi connectivity index (χ0) is 21.3. The third-order valence-electron chi connectivity index (χ3n) is 5.68. The van der Waals surface area contributed by atoms with E-state index >= 15 is 0 Å². The van der Waals surface area contributed by atoms with Crippen molar-refractivity contribution in [1.29, 1.82) is 0 Å². The van der Waals surface area contributed by atoms with Crippen LogP contribution in [0.4, 0.5) is 13.2 Å². The number of aryl methyl sites for hydroxylation is 1. The van der Waals surface area contributed by atoms with Gasteiger partial charge in [-0.15, -0.1) is 0 Å². The highest BCUT2D eigenvalue weighted by Gasteiger charge is 2.35. The molecule has 1 fully saturated rings. The molecule has 0 radical (unpaired) electrons. The number of alkyl halides is 3. The smallest absolute Gasteiger partial charge is 0.342 e. The number of fused-ring (bicyclic) bond motifs is 1. The maximum atomic E-state index is 13.4. The van der Waals surface area contributed by atoms with Gasteiger partial charge in [0.25, 0.3) is 0 Å². The number of carbonyl (C=O) groups is 1. The van der Waals surface area contributed by atoms with E-state index in [4.69, 9.17) is 0 Å². The lowest BCUT2D eigenvalue weighted by atomic mass is 9.83. The predicted molar refractivity (Wildman–Crippen MR) is 107 cm³/mol. The molecular formula is C22H23F3N4O. The molecule has 1 saturated heterocycles. The van der Waals surface area contributed by atoms with Gasteiger partial charge in [-0.2, -0.15) is 18.3 Å². The quantitative estimate of drug-likeness (QED) is 0.630. The molecule has 3 heterocycles. The van der Waals surface area contributed by atoms with E-state index in [0.29, 0.717) is 31.4 Å². The number of aromatic nitrogens is 3. The molecule has 158 valence electrons. The van der Waals surface area contributed by atoms with Crippen LogP contribution in [0.1, 0.15) is 36.8 Å². The van der Waals surface area contributed by atoms with Gasteiger partial charge < -0.3 is 4.90 Å². The average molecular weight is 416 g/mol. The molecule has 0 saturated carbocycles. The Bertz CT molecular complexity index is 1030. The van der Waals surface area contributed by atoms with Crippen molar-refractivity contribution < 1.29 is 18.0 Å². The zero-order valence-corrected chi connectivity index (χ0v) is 16.6. The van der Waals surface area contributed by atoms with Crippen LogP contribution in [0.25, 0.3) is 10.9 Å². The van der Waals surface area contributed by atoms with Crippen LogP contribution in [-0.2, 0) is 17.5 Å². The van der Waals surface area contributed by atoms with E-state index < -0.39 is 11.7 Å². The lowest BCUT2D eigenvalue weighted by Gasteiger charge is -2.37. The Labute approximate surface area is 172 Å². The fraction of sp³-hybridized carbons (Fsp3) is 0.409. The fourth-order valence-corrected chi connectivity index (χ4v) is 4.36. The first-order chi connectivity index (χ1) is 14.3.